The van der Waals surface area contributed by atoms with Gasteiger partial charge in [0.15, 0.2) is 0 Å². The number of H-pyrrole nitrogens is 1. The Morgan fingerprint density at radius 3 is 3.00 bits per heavy atom. The molecular formula is C13H15BrN2O. The van der Waals surface area contributed by atoms with Crippen LogP contribution in [0.25, 0.3) is 10.9 Å². The second kappa shape index (κ2) is 4.02. The molecule has 0 aliphatic heterocycles. The minimum atomic E-state index is -0.0150. The summed E-state index contributed by atoms with van der Waals surface area (Å²) in [5.41, 5.74) is 1.03. The van der Waals surface area contributed by atoms with Gasteiger partial charge >= 0.3 is 0 Å². The molecule has 2 atom stereocenters. The largest absolute Gasteiger partial charge is 0.343 e. The third-order valence-corrected chi connectivity index (χ3v) is 4.48. The zero-order valence-electron chi connectivity index (χ0n) is 9.74. The lowest BCUT2D eigenvalue weighted by atomic mass is 10.1. The van der Waals surface area contributed by atoms with E-state index in [2.05, 4.69) is 38.6 Å². The molecule has 2 aromatic heterocycles. The van der Waals surface area contributed by atoms with Crippen molar-refractivity contribution in [1.29, 1.82) is 0 Å². The van der Waals surface area contributed by atoms with Gasteiger partial charge in [-0.25, -0.2) is 0 Å². The van der Waals surface area contributed by atoms with Gasteiger partial charge in [0.2, 0.25) is 0 Å². The zero-order valence-corrected chi connectivity index (χ0v) is 11.3. The number of halogens is 1. The molecule has 2 aromatic rings. The van der Waals surface area contributed by atoms with Crippen molar-refractivity contribution in [2.45, 2.75) is 32.2 Å². The predicted molar refractivity (Wildman–Crippen MR) is 72.3 cm³/mol. The van der Waals surface area contributed by atoms with Crippen molar-refractivity contribution in [2.24, 2.45) is 5.92 Å². The fraction of sp³-hybridized carbons (Fsp3) is 0.462. The summed E-state index contributed by atoms with van der Waals surface area (Å²) in [6, 6.07) is 2.53. The standard InChI is InChI=1S/C13H15BrN2O/c1-8-3-2-4-10(8)16-7-9(14)12-11(16)5-6-15-13(12)17/h5-8,10H,2-4H2,1H3,(H,15,17)/t8-,10+/m0/s1. The summed E-state index contributed by atoms with van der Waals surface area (Å²) in [6.07, 6.45) is 7.57. The fourth-order valence-electron chi connectivity index (χ4n) is 2.98. The number of aromatic nitrogens is 2. The molecule has 0 radical (unpaired) electrons. The second-order valence-electron chi connectivity index (χ2n) is 4.93. The number of hydrogen-bond acceptors (Lipinski definition) is 1. The molecule has 0 amide bonds. The third-order valence-electron chi connectivity index (χ3n) is 3.88. The number of rotatable bonds is 1. The maximum atomic E-state index is 11.8. The van der Waals surface area contributed by atoms with Crippen molar-refractivity contribution in [3.05, 3.63) is 33.3 Å². The van der Waals surface area contributed by atoms with Crippen molar-refractivity contribution < 1.29 is 0 Å². The molecule has 0 unspecified atom stereocenters. The molecular weight excluding hydrogens is 280 g/mol. The van der Waals surface area contributed by atoms with E-state index in [0.717, 1.165) is 15.4 Å². The van der Waals surface area contributed by atoms with Crippen molar-refractivity contribution in [1.82, 2.24) is 9.55 Å². The van der Waals surface area contributed by atoms with Crippen molar-refractivity contribution >= 4 is 26.8 Å². The van der Waals surface area contributed by atoms with Crippen LogP contribution >= 0.6 is 15.9 Å². The highest BCUT2D eigenvalue weighted by atomic mass is 79.9. The first-order chi connectivity index (χ1) is 8.18. The van der Waals surface area contributed by atoms with Gasteiger partial charge in [0.1, 0.15) is 0 Å². The molecule has 90 valence electrons. The monoisotopic (exact) mass is 294 g/mol. The first kappa shape index (κ1) is 11.1. The van der Waals surface area contributed by atoms with Crippen LogP contribution in [-0.4, -0.2) is 9.55 Å². The number of aromatic amines is 1. The van der Waals surface area contributed by atoms with Gasteiger partial charge < -0.3 is 9.55 Å². The van der Waals surface area contributed by atoms with Gasteiger partial charge in [0, 0.05) is 22.9 Å². The quantitative estimate of drug-likeness (QED) is 0.859. The number of nitrogens with one attached hydrogen (secondary N) is 1. The summed E-state index contributed by atoms with van der Waals surface area (Å²) < 4.78 is 3.17. The van der Waals surface area contributed by atoms with Crippen LogP contribution in [0.15, 0.2) is 27.7 Å². The predicted octanol–water partition coefficient (Wildman–Crippen LogP) is 3.45. The average Bonchev–Trinajstić information content (AvgIpc) is 2.84. The van der Waals surface area contributed by atoms with Gasteiger partial charge in [0.05, 0.1) is 10.9 Å². The lowest BCUT2D eigenvalue weighted by molar-refractivity contribution is 0.418. The minimum absolute atomic E-state index is 0.0150. The van der Waals surface area contributed by atoms with E-state index in [1.54, 1.807) is 6.20 Å². The number of nitrogens with zero attached hydrogens (tertiary/aromatic N) is 1. The second-order valence-corrected chi connectivity index (χ2v) is 5.78. The topological polar surface area (TPSA) is 37.8 Å². The molecule has 0 saturated heterocycles. The maximum Gasteiger partial charge on any atom is 0.258 e. The van der Waals surface area contributed by atoms with Crippen molar-refractivity contribution in [3.63, 3.8) is 0 Å². The molecule has 4 heteroatoms. The molecule has 1 aliphatic rings. The summed E-state index contributed by atoms with van der Waals surface area (Å²) >= 11 is 3.49. The van der Waals surface area contributed by atoms with Crippen LogP contribution in [0.5, 0.6) is 0 Å². The van der Waals surface area contributed by atoms with Crippen LogP contribution in [-0.2, 0) is 0 Å². The SMILES string of the molecule is C[C@H]1CCC[C@H]1n1cc(Br)c2c(=O)[nH]ccc21. The summed E-state index contributed by atoms with van der Waals surface area (Å²) in [6.45, 7) is 2.30. The summed E-state index contributed by atoms with van der Waals surface area (Å²) in [5, 5.41) is 0.770. The summed E-state index contributed by atoms with van der Waals surface area (Å²) in [5.74, 6) is 0.691. The van der Waals surface area contributed by atoms with E-state index < -0.39 is 0 Å². The Balaban J connectivity index is 2.24. The van der Waals surface area contributed by atoms with E-state index in [1.165, 1.54) is 19.3 Å². The number of pyridine rings is 1. The molecule has 0 aromatic carbocycles. The van der Waals surface area contributed by atoms with E-state index in [0.29, 0.717) is 12.0 Å². The highest BCUT2D eigenvalue weighted by Crippen LogP contribution is 2.38. The first-order valence-corrected chi connectivity index (χ1v) is 6.85. The van der Waals surface area contributed by atoms with Gasteiger partial charge in [-0.2, -0.15) is 0 Å². The van der Waals surface area contributed by atoms with Gasteiger partial charge in [-0.1, -0.05) is 13.3 Å². The minimum Gasteiger partial charge on any atom is -0.343 e. The molecule has 3 rings (SSSR count). The molecule has 1 fully saturated rings. The van der Waals surface area contributed by atoms with Crippen molar-refractivity contribution in [3.8, 4) is 0 Å². The Kier molecular flexibility index (Phi) is 2.62. The van der Waals surface area contributed by atoms with Crippen LogP contribution in [0.3, 0.4) is 0 Å². The fourth-order valence-corrected chi connectivity index (χ4v) is 3.59. The Morgan fingerprint density at radius 1 is 1.47 bits per heavy atom. The average molecular weight is 295 g/mol. The smallest absolute Gasteiger partial charge is 0.258 e. The molecule has 3 nitrogen and oxygen atoms in total. The Labute approximate surface area is 108 Å². The van der Waals surface area contributed by atoms with Crippen molar-refractivity contribution in [2.75, 3.05) is 0 Å². The third kappa shape index (κ3) is 1.66. The van der Waals surface area contributed by atoms with Crippen LogP contribution in [0.1, 0.15) is 32.2 Å². The normalized spacial score (nSPS) is 24.6. The van der Waals surface area contributed by atoms with E-state index in [-0.39, 0.29) is 5.56 Å². The highest BCUT2D eigenvalue weighted by Gasteiger charge is 2.26. The number of hydrogen-bond donors (Lipinski definition) is 1. The van der Waals surface area contributed by atoms with Gasteiger partial charge in [0.25, 0.3) is 5.56 Å². The maximum absolute atomic E-state index is 11.8. The van der Waals surface area contributed by atoms with E-state index in [1.807, 2.05) is 6.07 Å². The summed E-state index contributed by atoms with van der Waals surface area (Å²) in [7, 11) is 0. The lowest BCUT2D eigenvalue weighted by Crippen LogP contribution is -2.11. The van der Waals surface area contributed by atoms with E-state index in [9.17, 15) is 4.79 Å². The Bertz CT molecular complexity index is 613. The first-order valence-electron chi connectivity index (χ1n) is 6.06. The highest BCUT2D eigenvalue weighted by molar-refractivity contribution is 9.10. The molecule has 2 heterocycles. The van der Waals surface area contributed by atoms with Crippen LogP contribution in [0.2, 0.25) is 0 Å². The number of fused-ring (bicyclic) bond motifs is 1. The molecule has 1 aliphatic carbocycles. The van der Waals surface area contributed by atoms with E-state index in [4.69, 9.17) is 0 Å². The Morgan fingerprint density at radius 2 is 2.29 bits per heavy atom. The molecule has 1 saturated carbocycles. The lowest BCUT2D eigenvalue weighted by Gasteiger charge is -2.18. The van der Waals surface area contributed by atoms with Gasteiger partial charge in [-0.05, 0) is 40.8 Å². The summed E-state index contributed by atoms with van der Waals surface area (Å²) in [4.78, 5) is 14.5. The van der Waals surface area contributed by atoms with E-state index >= 15 is 0 Å². The molecule has 1 N–H and O–H groups in total. The van der Waals surface area contributed by atoms with Gasteiger partial charge in [-0.15, -0.1) is 0 Å². The van der Waals surface area contributed by atoms with Crippen LogP contribution < -0.4 is 5.56 Å². The van der Waals surface area contributed by atoms with Crippen LogP contribution in [0.4, 0.5) is 0 Å². The van der Waals surface area contributed by atoms with Crippen LogP contribution in [0, 0.1) is 5.92 Å². The molecule has 0 spiro atoms. The Hall–Kier alpha value is -1.03. The zero-order chi connectivity index (χ0) is 12.0. The van der Waals surface area contributed by atoms with Gasteiger partial charge in [-0.3, -0.25) is 4.79 Å². The molecule has 17 heavy (non-hydrogen) atoms. The molecule has 0 bridgehead atoms.